The van der Waals surface area contributed by atoms with Crippen molar-refractivity contribution in [1.82, 2.24) is 20.4 Å². The molecule has 1 heterocycles. The monoisotopic (exact) mass is 400 g/mol. The molecule has 2 N–H and O–H groups in total. The van der Waals surface area contributed by atoms with E-state index in [4.69, 9.17) is 0 Å². The van der Waals surface area contributed by atoms with Gasteiger partial charge in [-0.05, 0) is 40.2 Å². The summed E-state index contributed by atoms with van der Waals surface area (Å²) in [6.45, 7) is -0.257. The van der Waals surface area contributed by atoms with E-state index in [2.05, 4.69) is 31.8 Å². The number of carbonyl (C=O) groups excluding carboxylic acids is 2. The van der Waals surface area contributed by atoms with E-state index in [9.17, 15) is 14.4 Å². The van der Waals surface area contributed by atoms with Crippen molar-refractivity contribution in [1.29, 1.82) is 0 Å². The third-order valence-electron chi connectivity index (χ3n) is 3.48. The van der Waals surface area contributed by atoms with Crippen molar-refractivity contribution in [3.8, 4) is 0 Å². The summed E-state index contributed by atoms with van der Waals surface area (Å²) in [5, 5.41) is 0.426. The van der Waals surface area contributed by atoms with E-state index in [0.29, 0.717) is 20.9 Å². The number of aromatic nitrogens is 2. The average molecular weight is 401 g/mol. The van der Waals surface area contributed by atoms with E-state index in [1.54, 1.807) is 48.5 Å². The van der Waals surface area contributed by atoms with Gasteiger partial charge < -0.3 is 0 Å². The molecule has 0 aliphatic heterocycles. The van der Waals surface area contributed by atoms with Gasteiger partial charge in [-0.1, -0.05) is 24.3 Å². The van der Waals surface area contributed by atoms with Crippen LogP contribution in [0.1, 0.15) is 10.4 Å². The van der Waals surface area contributed by atoms with E-state index in [1.807, 2.05) is 0 Å². The fourth-order valence-corrected chi connectivity index (χ4v) is 2.72. The number of nitrogens with zero attached hydrogens (tertiary/aromatic N) is 2. The second-order valence-electron chi connectivity index (χ2n) is 5.18. The fourth-order valence-electron chi connectivity index (χ4n) is 2.25. The van der Waals surface area contributed by atoms with Gasteiger partial charge in [0.15, 0.2) is 0 Å². The lowest BCUT2D eigenvalue weighted by atomic mass is 10.2. The number of para-hydroxylation sites is 1. The second kappa shape index (κ2) is 7.27. The van der Waals surface area contributed by atoms with Gasteiger partial charge in [0.05, 0.1) is 22.8 Å². The third kappa shape index (κ3) is 3.74. The minimum atomic E-state index is -0.542. The van der Waals surface area contributed by atoms with Crippen LogP contribution < -0.4 is 16.4 Å². The van der Waals surface area contributed by atoms with E-state index >= 15 is 0 Å². The number of benzene rings is 2. The molecule has 0 saturated carbocycles. The summed E-state index contributed by atoms with van der Waals surface area (Å²) in [4.78, 5) is 40.5. The molecule has 2 amide bonds. The molecule has 0 aliphatic carbocycles. The van der Waals surface area contributed by atoms with Crippen LogP contribution in [0.4, 0.5) is 0 Å². The normalized spacial score (nSPS) is 10.4. The van der Waals surface area contributed by atoms with Crippen molar-refractivity contribution >= 4 is 38.6 Å². The van der Waals surface area contributed by atoms with Gasteiger partial charge in [-0.2, -0.15) is 0 Å². The Hall–Kier alpha value is -3.00. The minimum absolute atomic E-state index is 0.257. The number of hydrogen-bond donors (Lipinski definition) is 2. The van der Waals surface area contributed by atoms with Gasteiger partial charge in [-0.3, -0.25) is 29.8 Å². The highest BCUT2D eigenvalue weighted by Gasteiger charge is 2.11. The molecule has 0 unspecified atom stereocenters. The van der Waals surface area contributed by atoms with Gasteiger partial charge in [0, 0.05) is 4.47 Å². The van der Waals surface area contributed by atoms with Crippen LogP contribution in [0.15, 0.2) is 64.1 Å². The molecule has 0 spiro atoms. The van der Waals surface area contributed by atoms with Gasteiger partial charge in [-0.25, -0.2) is 4.98 Å². The first-order chi connectivity index (χ1) is 12.1. The molecule has 8 heteroatoms. The highest BCUT2D eigenvalue weighted by Crippen LogP contribution is 2.15. The zero-order valence-corrected chi connectivity index (χ0v) is 14.5. The molecular weight excluding hydrogens is 388 g/mol. The van der Waals surface area contributed by atoms with Crippen molar-refractivity contribution < 1.29 is 9.59 Å². The molecule has 0 aliphatic rings. The Bertz CT molecular complexity index is 1020. The topological polar surface area (TPSA) is 93.1 Å². The Kier molecular flexibility index (Phi) is 4.90. The van der Waals surface area contributed by atoms with Crippen molar-refractivity contribution in [3.05, 3.63) is 75.2 Å². The zero-order chi connectivity index (χ0) is 17.8. The first-order valence-electron chi connectivity index (χ1n) is 7.34. The van der Waals surface area contributed by atoms with Crippen LogP contribution in [0.5, 0.6) is 0 Å². The summed E-state index contributed by atoms with van der Waals surface area (Å²) in [5.41, 5.74) is 5.22. The number of rotatable bonds is 3. The van der Waals surface area contributed by atoms with Crippen molar-refractivity contribution in [2.24, 2.45) is 0 Å². The molecular formula is C17H13BrN4O3. The smallest absolute Gasteiger partial charge is 0.270 e. The average Bonchev–Trinajstić information content (AvgIpc) is 2.63. The van der Waals surface area contributed by atoms with Gasteiger partial charge in [0.2, 0.25) is 0 Å². The molecule has 3 rings (SSSR count). The number of halogens is 1. The van der Waals surface area contributed by atoms with Crippen LogP contribution in [0.3, 0.4) is 0 Å². The van der Waals surface area contributed by atoms with Gasteiger partial charge in [-0.15, -0.1) is 0 Å². The Morgan fingerprint density at radius 3 is 2.56 bits per heavy atom. The lowest BCUT2D eigenvalue weighted by molar-refractivity contribution is -0.122. The Morgan fingerprint density at radius 1 is 1.04 bits per heavy atom. The van der Waals surface area contributed by atoms with Crippen molar-refractivity contribution in [3.63, 3.8) is 0 Å². The van der Waals surface area contributed by atoms with E-state index < -0.39 is 11.8 Å². The molecule has 126 valence electrons. The lowest BCUT2D eigenvalue weighted by Gasteiger charge is -2.10. The maximum absolute atomic E-state index is 12.3. The Labute approximate surface area is 150 Å². The van der Waals surface area contributed by atoms with E-state index in [-0.39, 0.29) is 12.1 Å². The molecule has 0 fully saturated rings. The molecule has 0 radical (unpaired) electrons. The summed E-state index contributed by atoms with van der Waals surface area (Å²) in [6.07, 6.45) is 1.31. The number of amides is 2. The Balaban J connectivity index is 1.67. The Morgan fingerprint density at radius 2 is 1.76 bits per heavy atom. The highest BCUT2D eigenvalue weighted by atomic mass is 79.9. The number of fused-ring (bicyclic) bond motifs is 1. The fraction of sp³-hybridized carbons (Fsp3) is 0.0588. The number of nitrogens with one attached hydrogen (secondary N) is 2. The summed E-state index contributed by atoms with van der Waals surface area (Å²) < 4.78 is 1.79. The summed E-state index contributed by atoms with van der Waals surface area (Å²) in [7, 11) is 0. The van der Waals surface area contributed by atoms with Gasteiger partial charge >= 0.3 is 0 Å². The summed E-state index contributed by atoms with van der Waals surface area (Å²) in [6, 6.07) is 13.7. The van der Waals surface area contributed by atoms with Crippen LogP contribution in [0.2, 0.25) is 0 Å². The van der Waals surface area contributed by atoms with E-state index in [1.165, 1.54) is 10.9 Å². The summed E-state index contributed by atoms with van der Waals surface area (Å²) in [5.74, 6) is -1.01. The quantitative estimate of drug-likeness (QED) is 0.653. The molecule has 3 aromatic rings. The molecule has 7 nitrogen and oxygen atoms in total. The van der Waals surface area contributed by atoms with E-state index in [0.717, 1.165) is 0 Å². The largest absolute Gasteiger partial charge is 0.289 e. The highest BCUT2D eigenvalue weighted by molar-refractivity contribution is 9.10. The SMILES string of the molecule is O=C(Cn1cnc2ccccc2c1=O)NNC(=O)c1ccccc1Br. The molecule has 25 heavy (non-hydrogen) atoms. The van der Waals surface area contributed by atoms with Crippen LogP contribution in [0.25, 0.3) is 10.9 Å². The third-order valence-corrected chi connectivity index (χ3v) is 4.17. The first kappa shape index (κ1) is 16.8. The van der Waals surface area contributed by atoms with Crippen molar-refractivity contribution in [2.75, 3.05) is 0 Å². The van der Waals surface area contributed by atoms with Crippen LogP contribution >= 0.6 is 15.9 Å². The maximum Gasteiger partial charge on any atom is 0.270 e. The molecule has 0 atom stereocenters. The summed E-state index contributed by atoms with van der Waals surface area (Å²) >= 11 is 3.26. The molecule has 2 aromatic carbocycles. The molecule has 0 bridgehead atoms. The maximum atomic E-state index is 12.3. The van der Waals surface area contributed by atoms with Crippen LogP contribution in [-0.4, -0.2) is 21.4 Å². The molecule has 0 saturated heterocycles. The second-order valence-corrected chi connectivity index (χ2v) is 6.03. The predicted octanol–water partition coefficient (Wildman–Crippen LogP) is 1.62. The lowest BCUT2D eigenvalue weighted by Crippen LogP contribution is -2.44. The number of carbonyl (C=O) groups is 2. The van der Waals surface area contributed by atoms with Gasteiger partial charge in [0.25, 0.3) is 17.4 Å². The minimum Gasteiger partial charge on any atom is -0.289 e. The predicted molar refractivity (Wildman–Crippen MR) is 95.8 cm³/mol. The van der Waals surface area contributed by atoms with Crippen LogP contribution in [0, 0.1) is 0 Å². The number of hydrazine groups is 1. The van der Waals surface area contributed by atoms with Gasteiger partial charge in [0.1, 0.15) is 6.54 Å². The standard InChI is InChI=1S/C17H13BrN4O3/c18-13-7-3-1-5-11(13)16(24)21-20-15(23)9-22-10-19-14-8-4-2-6-12(14)17(22)25/h1-8,10H,9H2,(H,20,23)(H,21,24). The zero-order valence-electron chi connectivity index (χ0n) is 12.9. The molecule has 1 aromatic heterocycles. The van der Waals surface area contributed by atoms with Crippen LogP contribution in [-0.2, 0) is 11.3 Å². The number of hydrogen-bond acceptors (Lipinski definition) is 4. The van der Waals surface area contributed by atoms with Crippen molar-refractivity contribution in [2.45, 2.75) is 6.54 Å². The first-order valence-corrected chi connectivity index (χ1v) is 8.13.